The van der Waals surface area contributed by atoms with E-state index < -0.39 is 0 Å². The summed E-state index contributed by atoms with van der Waals surface area (Å²) >= 11 is 0. The monoisotopic (exact) mass is 113 g/mol. The molecule has 0 bridgehead atoms. The molecule has 0 aromatic heterocycles. The van der Waals surface area contributed by atoms with Crippen LogP contribution in [-0.4, -0.2) is 0 Å². The molecule has 0 saturated heterocycles. The minimum Gasteiger partial charge on any atom is -0.0654 e. The molecule has 0 unspecified atom stereocenters. The highest BCUT2D eigenvalue weighted by Gasteiger charge is 1.91. The van der Waals surface area contributed by atoms with Crippen LogP contribution in [0.5, 0.6) is 0 Å². The van der Waals surface area contributed by atoms with Gasteiger partial charge in [0.05, 0.1) is 0 Å². The second kappa shape index (κ2) is 5.14. The summed E-state index contributed by atoms with van der Waals surface area (Å²) in [6, 6.07) is 0. The van der Waals surface area contributed by atoms with Gasteiger partial charge in [-0.3, -0.25) is 0 Å². The van der Waals surface area contributed by atoms with Crippen LogP contribution in [-0.2, 0) is 0 Å². The summed E-state index contributed by atoms with van der Waals surface area (Å²) in [5, 5.41) is 0. The van der Waals surface area contributed by atoms with Crippen LogP contribution >= 0.6 is 0 Å². The minimum atomic E-state index is 0.779. The van der Waals surface area contributed by atoms with E-state index >= 15 is 0 Å². The van der Waals surface area contributed by atoms with Gasteiger partial charge in [-0.05, 0) is 18.8 Å². The lowest BCUT2D eigenvalue weighted by atomic mass is 10.1. The number of hydrogen-bond acceptors (Lipinski definition) is 0. The second-order valence-electron chi connectivity index (χ2n) is 2.62. The fourth-order valence-electron chi connectivity index (χ4n) is 0.655. The Labute approximate surface area is 53.3 Å². The molecule has 0 aromatic carbocycles. The maximum atomic E-state index is 2.38. The van der Waals surface area contributed by atoms with Gasteiger partial charge in [0.2, 0.25) is 0 Å². The molecule has 0 atom stereocenters. The Hall–Kier alpha value is 0. The largest absolute Gasteiger partial charge is 0.0654 e. The first kappa shape index (κ1) is 8.00. The van der Waals surface area contributed by atoms with Crippen molar-refractivity contribution in [3.8, 4) is 0 Å². The zero-order chi connectivity index (χ0) is 6.41. The van der Waals surface area contributed by atoms with Crippen molar-refractivity contribution in [3.63, 3.8) is 0 Å². The molecular weight excluding hydrogens is 96.1 g/mol. The van der Waals surface area contributed by atoms with Crippen molar-refractivity contribution in [2.75, 3.05) is 0 Å². The zero-order valence-corrected chi connectivity index (χ0v) is 6.28. The van der Waals surface area contributed by atoms with E-state index in [4.69, 9.17) is 0 Å². The second-order valence-corrected chi connectivity index (χ2v) is 2.62. The van der Waals surface area contributed by atoms with E-state index in [2.05, 4.69) is 27.2 Å². The van der Waals surface area contributed by atoms with Crippen LogP contribution in [0.15, 0.2) is 0 Å². The molecule has 0 amide bonds. The van der Waals surface area contributed by atoms with E-state index in [1.165, 1.54) is 19.3 Å². The van der Waals surface area contributed by atoms with Crippen molar-refractivity contribution in [3.05, 3.63) is 6.42 Å². The van der Waals surface area contributed by atoms with E-state index in [9.17, 15) is 0 Å². The third kappa shape index (κ3) is 6.00. The Balaban J connectivity index is 2.72. The predicted octanol–water partition coefficient (Wildman–Crippen LogP) is 3.04. The van der Waals surface area contributed by atoms with Crippen molar-refractivity contribution < 1.29 is 0 Å². The lowest BCUT2D eigenvalue weighted by molar-refractivity contribution is 0.665. The maximum absolute atomic E-state index is 2.38. The number of rotatable bonds is 4. The topological polar surface area (TPSA) is 0 Å². The first-order valence-electron chi connectivity index (χ1n) is 3.60. The summed E-state index contributed by atoms with van der Waals surface area (Å²) < 4.78 is 0. The third-order valence-electron chi connectivity index (χ3n) is 1.20. The van der Waals surface area contributed by atoms with E-state index in [0.29, 0.717) is 0 Å². The van der Waals surface area contributed by atoms with E-state index in [-0.39, 0.29) is 0 Å². The van der Waals surface area contributed by atoms with Crippen molar-refractivity contribution >= 4 is 0 Å². The molecule has 0 N–H and O–H groups in total. The minimum absolute atomic E-state index is 0.779. The molecule has 0 spiro atoms. The van der Waals surface area contributed by atoms with Gasteiger partial charge in [-0.15, -0.1) is 0 Å². The SMILES string of the molecule is CCCC[CH]C(C)C. The van der Waals surface area contributed by atoms with Gasteiger partial charge in [-0.1, -0.05) is 33.6 Å². The van der Waals surface area contributed by atoms with E-state index in [0.717, 1.165) is 5.92 Å². The molecule has 8 heavy (non-hydrogen) atoms. The molecule has 0 saturated carbocycles. The van der Waals surface area contributed by atoms with Crippen LogP contribution in [0.3, 0.4) is 0 Å². The molecule has 1 radical (unpaired) electrons. The summed E-state index contributed by atoms with van der Waals surface area (Å²) in [6.45, 7) is 6.69. The van der Waals surface area contributed by atoms with Crippen LogP contribution in [0.4, 0.5) is 0 Å². The smallest absolute Gasteiger partial charge is 0.0360 e. The van der Waals surface area contributed by atoms with Crippen LogP contribution in [0.2, 0.25) is 0 Å². The average Bonchev–Trinajstić information content (AvgIpc) is 1.66. The molecule has 0 aromatic rings. The van der Waals surface area contributed by atoms with Crippen molar-refractivity contribution in [1.82, 2.24) is 0 Å². The highest BCUT2D eigenvalue weighted by atomic mass is 14.0. The summed E-state index contributed by atoms with van der Waals surface area (Å²) in [5.74, 6) is 0.779. The molecule has 49 valence electrons. The van der Waals surface area contributed by atoms with Crippen LogP contribution in [0, 0.1) is 12.3 Å². The zero-order valence-electron chi connectivity index (χ0n) is 6.28. The summed E-state index contributed by atoms with van der Waals surface area (Å²) in [4.78, 5) is 0. The lowest BCUT2D eigenvalue weighted by Crippen LogP contribution is -1.86. The maximum Gasteiger partial charge on any atom is -0.0360 e. The quantitative estimate of drug-likeness (QED) is 0.491. The molecule has 0 aliphatic heterocycles. The molecule has 0 aliphatic rings. The summed E-state index contributed by atoms with van der Waals surface area (Å²) in [6.07, 6.45) is 6.36. The first-order valence-corrected chi connectivity index (χ1v) is 3.60. The van der Waals surface area contributed by atoms with Crippen LogP contribution < -0.4 is 0 Å². The predicted molar refractivity (Wildman–Crippen MR) is 38.7 cm³/mol. The summed E-state index contributed by atoms with van der Waals surface area (Å²) in [5.41, 5.74) is 0. The fraction of sp³-hybridized carbons (Fsp3) is 0.875. The molecule has 0 heteroatoms. The van der Waals surface area contributed by atoms with Crippen molar-refractivity contribution in [2.24, 2.45) is 5.92 Å². The van der Waals surface area contributed by atoms with E-state index in [1.54, 1.807) is 0 Å². The highest BCUT2D eigenvalue weighted by Crippen LogP contribution is 2.05. The normalized spacial score (nSPS) is 10.5. The Morgan fingerprint density at radius 2 is 2.00 bits per heavy atom. The number of unbranched alkanes of at least 4 members (excludes halogenated alkanes) is 2. The van der Waals surface area contributed by atoms with Gasteiger partial charge in [-0.25, -0.2) is 0 Å². The first-order chi connectivity index (χ1) is 3.77. The number of hydrogen-bond donors (Lipinski definition) is 0. The van der Waals surface area contributed by atoms with Crippen LogP contribution in [0.25, 0.3) is 0 Å². The fourth-order valence-corrected chi connectivity index (χ4v) is 0.655. The van der Waals surface area contributed by atoms with Gasteiger partial charge in [0.15, 0.2) is 0 Å². The van der Waals surface area contributed by atoms with Crippen molar-refractivity contribution in [2.45, 2.75) is 40.0 Å². The van der Waals surface area contributed by atoms with Gasteiger partial charge in [-0.2, -0.15) is 0 Å². The Morgan fingerprint density at radius 1 is 1.38 bits per heavy atom. The van der Waals surface area contributed by atoms with Gasteiger partial charge >= 0.3 is 0 Å². The Bertz CT molecular complexity index is 37.3. The Morgan fingerprint density at radius 3 is 2.38 bits per heavy atom. The third-order valence-corrected chi connectivity index (χ3v) is 1.20. The van der Waals surface area contributed by atoms with Crippen molar-refractivity contribution in [1.29, 1.82) is 0 Å². The van der Waals surface area contributed by atoms with Gasteiger partial charge in [0, 0.05) is 0 Å². The average molecular weight is 113 g/mol. The Kier molecular flexibility index (Phi) is 5.14. The van der Waals surface area contributed by atoms with Crippen LogP contribution in [0.1, 0.15) is 40.0 Å². The summed E-state index contributed by atoms with van der Waals surface area (Å²) in [7, 11) is 0. The van der Waals surface area contributed by atoms with E-state index in [1.807, 2.05) is 0 Å². The molecule has 0 nitrogen and oxygen atoms in total. The molecule has 0 aliphatic carbocycles. The molecule has 0 heterocycles. The molecule has 0 fully saturated rings. The standard InChI is InChI=1S/C8H17/c1-4-5-6-7-8(2)3/h7-8H,4-6H2,1-3H3. The molecule has 0 rings (SSSR count). The van der Waals surface area contributed by atoms with Gasteiger partial charge in [0.25, 0.3) is 0 Å². The highest BCUT2D eigenvalue weighted by molar-refractivity contribution is 4.67. The van der Waals surface area contributed by atoms with Gasteiger partial charge < -0.3 is 0 Å². The lowest BCUT2D eigenvalue weighted by Gasteiger charge is -2.00. The molecular formula is C8H17. The van der Waals surface area contributed by atoms with Gasteiger partial charge in [0.1, 0.15) is 0 Å².